The lowest BCUT2D eigenvalue weighted by Gasteiger charge is -2.04. The molecule has 1 aromatic carbocycles. The van der Waals surface area contributed by atoms with Crippen molar-refractivity contribution in [2.75, 3.05) is 6.61 Å². The zero-order chi connectivity index (χ0) is 12.1. The minimum Gasteiger partial charge on any atom is -0.494 e. The van der Waals surface area contributed by atoms with E-state index in [1.54, 1.807) is 6.20 Å². The molecule has 86 valence electrons. The number of thiazole rings is 1. The van der Waals surface area contributed by atoms with Crippen LogP contribution in [0.25, 0.3) is 10.6 Å². The van der Waals surface area contributed by atoms with Gasteiger partial charge >= 0.3 is 0 Å². The first-order valence-corrected chi connectivity index (χ1v) is 6.24. The molecule has 0 bridgehead atoms. The lowest BCUT2D eigenvalue weighted by atomic mass is 10.2. The van der Waals surface area contributed by atoms with Crippen molar-refractivity contribution in [1.82, 2.24) is 4.98 Å². The van der Waals surface area contributed by atoms with Crippen LogP contribution in [0.3, 0.4) is 0 Å². The molecule has 1 aromatic heterocycles. The van der Waals surface area contributed by atoms with Crippen LogP contribution in [-0.4, -0.2) is 11.6 Å². The maximum Gasteiger partial charge on any atom is 0.125 e. The van der Waals surface area contributed by atoms with Gasteiger partial charge in [-0.3, -0.25) is 0 Å². The number of nitriles is 1. The van der Waals surface area contributed by atoms with Crippen LogP contribution < -0.4 is 4.74 Å². The van der Waals surface area contributed by atoms with Crippen molar-refractivity contribution in [1.29, 1.82) is 5.26 Å². The molecule has 0 aliphatic carbocycles. The molecule has 0 N–H and O–H groups in total. The summed E-state index contributed by atoms with van der Waals surface area (Å²) < 4.78 is 5.50. The summed E-state index contributed by atoms with van der Waals surface area (Å²) in [5.41, 5.74) is 1.01. The third-order valence-electron chi connectivity index (χ3n) is 2.19. The number of hydrogen-bond donors (Lipinski definition) is 0. The standard InChI is InChI=1S/C13H12N2OS/c1-2-7-16-11-5-3-10(4-6-11)13-15-9-12(8-14)17-13/h3-6,9H,2,7H2,1H3. The molecule has 0 aliphatic heterocycles. The number of rotatable bonds is 4. The SMILES string of the molecule is CCCOc1ccc(-c2ncc(C#N)s2)cc1. The molecule has 3 nitrogen and oxygen atoms in total. The maximum absolute atomic E-state index is 8.74. The van der Waals surface area contributed by atoms with Gasteiger partial charge in [0.05, 0.1) is 12.8 Å². The molecule has 1 heterocycles. The highest BCUT2D eigenvalue weighted by Crippen LogP contribution is 2.26. The van der Waals surface area contributed by atoms with Crippen molar-refractivity contribution >= 4 is 11.3 Å². The van der Waals surface area contributed by atoms with Gasteiger partial charge < -0.3 is 4.74 Å². The van der Waals surface area contributed by atoms with E-state index in [-0.39, 0.29) is 0 Å². The Kier molecular flexibility index (Phi) is 3.73. The van der Waals surface area contributed by atoms with E-state index in [4.69, 9.17) is 10.00 Å². The monoisotopic (exact) mass is 244 g/mol. The van der Waals surface area contributed by atoms with Crippen molar-refractivity contribution in [2.45, 2.75) is 13.3 Å². The van der Waals surface area contributed by atoms with E-state index in [1.807, 2.05) is 24.3 Å². The number of benzene rings is 1. The summed E-state index contributed by atoms with van der Waals surface area (Å²) in [5.74, 6) is 0.868. The minimum atomic E-state index is 0.631. The van der Waals surface area contributed by atoms with Crippen LogP contribution in [0.4, 0.5) is 0 Å². The molecule has 0 unspecified atom stereocenters. The van der Waals surface area contributed by atoms with Crippen LogP contribution >= 0.6 is 11.3 Å². The first-order valence-electron chi connectivity index (χ1n) is 5.42. The van der Waals surface area contributed by atoms with Crippen LogP contribution in [0.5, 0.6) is 5.75 Å². The molecule has 0 aliphatic rings. The molecule has 0 radical (unpaired) electrons. The second-order valence-electron chi connectivity index (χ2n) is 3.51. The number of nitrogens with zero attached hydrogens (tertiary/aromatic N) is 2. The molecule has 4 heteroatoms. The second-order valence-corrected chi connectivity index (χ2v) is 4.54. The molecular weight excluding hydrogens is 232 g/mol. The van der Waals surface area contributed by atoms with Gasteiger partial charge in [0, 0.05) is 5.56 Å². The lowest BCUT2D eigenvalue weighted by Crippen LogP contribution is -1.94. The third-order valence-corrected chi connectivity index (χ3v) is 3.14. The Balaban J connectivity index is 2.15. The van der Waals surface area contributed by atoms with Crippen molar-refractivity contribution in [3.8, 4) is 22.4 Å². The third kappa shape index (κ3) is 2.83. The Labute approximate surface area is 104 Å². The van der Waals surface area contributed by atoms with Gasteiger partial charge in [-0.05, 0) is 30.7 Å². The Morgan fingerprint density at radius 3 is 2.71 bits per heavy atom. The smallest absolute Gasteiger partial charge is 0.125 e. The Bertz CT molecular complexity index is 525. The van der Waals surface area contributed by atoms with E-state index in [9.17, 15) is 0 Å². The summed E-state index contributed by atoms with van der Waals surface area (Å²) in [6.07, 6.45) is 2.60. The number of ether oxygens (including phenoxy) is 1. The molecule has 17 heavy (non-hydrogen) atoms. The van der Waals surface area contributed by atoms with E-state index in [1.165, 1.54) is 11.3 Å². The quantitative estimate of drug-likeness (QED) is 0.827. The van der Waals surface area contributed by atoms with E-state index in [2.05, 4.69) is 18.0 Å². The molecule has 2 aromatic rings. The van der Waals surface area contributed by atoms with Gasteiger partial charge in [0.15, 0.2) is 0 Å². The zero-order valence-electron chi connectivity index (χ0n) is 9.51. The molecule has 0 fully saturated rings. The highest BCUT2D eigenvalue weighted by atomic mass is 32.1. The fraction of sp³-hybridized carbons (Fsp3) is 0.231. The van der Waals surface area contributed by atoms with Crippen LogP contribution in [0.2, 0.25) is 0 Å². The molecule has 0 saturated carbocycles. The van der Waals surface area contributed by atoms with Gasteiger partial charge in [-0.1, -0.05) is 6.92 Å². The highest BCUT2D eigenvalue weighted by molar-refractivity contribution is 7.15. The fourth-order valence-electron chi connectivity index (χ4n) is 1.37. The minimum absolute atomic E-state index is 0.631. The fourth-order valence-corrected chi connectivity index (χ4v) is 2.09. The predicted molar refractivity (Wildman–Crippen MR) is 68.1 cm³/mol. The Morgan fingerprint density at radius 2 is 2.12 bits per heavy atom. The van der Waals surface area contributed by atoms with Crippen LogP contribution in [-0.2, 0) is 0 Å². The second kappa shape index (κ2) is 5.46. The van der Waals surface area contributed by atoms with Gasteiger partial charge in [0.1, 0.15) is 21.7 Å². The summed E-state index contributed by atoms with van der Waals surface area (Å²) in [4.78, 5) is 4.84. The van der Waals surface area contributed by atoms with Gasteiger partial charge in [0.2, 0.25) is 0 Å². The highest BCUT2D eigenvalue weighted by Gasteiger charge is 2.04. The molecule has 0 atom stereocenters. The number of aromatic nitrogens is 1. The molecular formula is C13H12N2OS. The maximum atomic E-state index is 8.74. The average molecular weight is 244 g/mol. The summed E-state index contributed by atoms with van der Waals surface area (Å²) in [7, 11) is 0. The van der Waals surface area contributed by atoms with Gasteiger partial charge in [0.25, 0.3) is 0 Å². The van der Waals surface area contributed by atoms with Crippen molar-refractivity contribution in [3.05, 3.63) is 35.3 Å². The summed E-state index contributed by atoms with van der Waals surface area (Å²) in [6.45, 7) is 2.81. The van der Waals surface area contributed by atoms with E-state index < -0.39 is 0 Å². The van der Waals surface area contributed by atoms with Gasteiger partial charge in [-0.15, -0.1) is 11.3 Å². The Hall–Kier alpha value is -1.86. The first-order chi connectivity index (χ1) is 8.33. The van der Waals surface area contributed by atoms with Gasteiger partial charge in [-0.25, -0.2) is 4.98 Å². The summed E-state index contributed by atoms with van der Waals surface area (Å²) in [5, 5.41) is 9.60. The Morgan fingerprint density at radius 1 is 1.35 bits per heavy atom. The normalized spacial score (nSPS) is 9.88. The predicted octanol–water partition coefficient (Wildman–Crippen LogP) is 3.47. The molecule has 0 spiro atoms. The van der Waals surface area contributed by atoms with Crippen molar-refractivity contribution in [2.24, 2.45) is 0 Å². The van der Waals surface area contributed by atoms with Crippen LogP contribution in [0, 0.1) is 11.3 Å². The summed E-state index contributed by atoms with van der Waals surface area (Å²) in [6, 6.07) is 9.87. The van der Waals surface area contributed by atoms with Crippen LogP contribution in [0.15, 0.2) is 30.5 Å². The topological polar surface area (TPSA) is 45.9 Å². The van der Waals surface area contributed by atoms with E-state index >= 15 is 0 Å². The van der Waals surface area contributed by atoms with Gasteiger partial charge in [-0.2, -0.15) is 5.26 Å². The molecule has 2 rings (SSSR count). The summed E-state index contributed by atoms with van der Waals surface area (Å²) >= 11 is 1.40. The van der Waals surface area contributed by atoms with Crippen molar-refractivity contribution < 1.29 is 4.74 Å². The molecule has 0 amide bonds. The lowest BCUT2D eigenvalue weighted by molar-refractivity contribution is 0.317. The van der Waals surface area contributed by atoms with E-state index in [0.717, 1.165) is 29.3 Å². The zero-order valence-corrected chi connectivity index (χ0v) is 10.3. The average Bonchev–Trinajstić information content (AvgIpc) is 2.86. The van der Waals surface area contributed by atoms with Crippen LogP contribution in [0.1, 0.15) is 18.2 Å². The molecule has 0 saturated heterocycles. The van der Waals surface area contributed by atoms with E-state index in [0.29, 0.717) is 4.88 Å². The number of hydrogen-bond acceptors (Lipinski definition) is 4. The first kappa shape index (κ1) is 11.6. The largest absolute Gasteiger partial charge is 0.494 e. The van der Waals surface area contributed by atoms with Crippen molar-refractivity contribution in [3.63, 3.8) is 0 Å².